The lowest BCUT2D eigenvalue weighted by atomic mass is 9.92. The Labute approximate surface area is 176 Å². The van der Waals surface area contributed by atoms with Crippen LogP contribution in [0, 0.1) is 0 Å². The molecule has 8 nitrogen and oxygen atoms in total. The Bertz CT molecular complexity index is 594. The summed E-state index contributed by atoms with van der Waals surface area (Å²) in [7, 11) is -1.64. The molecule has 0 aromatic rings. The molecular weight excluding hydrogens is 384 g/mol. The molecule has 2 unspecified atom stereocenters. The number of azide groups is 2. The second-order valence-corrected chi connectivity index (χ2v) is 14.4. The number of carbonyl (C=O) groups excluding carboxylic acids is 1. The zero-order valence-corrected chi connectivity index (χ0v) is 19.6. The minimum Gasteiger partial charge on any atom is -0.463 e. The maximum absolute atomic E-state index is 11.6. The molecular formula is C20H38N6O2Si. The zero-order chi connectivity index (χ0) is 22.2. The highest BCUT2D eigenvalue weighted by molar-refractivity contribution is 6.76. The van der Waals surface area contributed by atoms with Crippen molar-refractivity contribution >= 4 is 14.0 Å². The predicted molar refractivity (Wildman–Crippen MR) is 121 cm³/mol. The molecule has 0 N–H and O–H groups in total. The van der Waals surface area contributed by atoms with Gasteiger partial charge in [-0.2, -0.15) is 0 Å². The molecule has 0 bridgehead atoms. The smallest absolute Gasteiger partial charge is 0.302 e. The summed E-state index contributed by atoms with van der Waals surface area (Å²) in [5.74, 6) is -0.342. The second kappa shape index (κ2) is 15.0. The van der Waals surface area contributed by atoms with Crippen molar-refractivity contribution in [1.29, 1.82) is 0 Å². The van der Waals surface area contributed by atoms with Crippen LogP contribution in [0.5, 0.6) is 0 Å². The first-order valence-electron chi connectivity index (χ1n) is 10.5. The Kier molecular flexibility index (Phi) is 14.0. The minimum absolute atomic E-state index is 0.0822. The highest BCUT2D eigenvalue weighted by Gasteiger charge is 2.37. The topological polar surface area (TPSA) is 124 Å². The van der Waals surface area contributed by atoms with Crippen LogP contribution >= 0.6 is 0 Å². The molecule has 0 heterocycles. The molecule has 29 heavy (non-hydrogen) atoms. The van der Waals surface area contributed by atoms with Crippen LogP contribution in [0.4, 0.5) is 0 Å². The lowest BCUT2D eigenvalue weighted by Gasteiger charge is -2.35. The molecule has 0 fully saturated rings. The average molecular weight is 423 g/mol. The van der Waals surface area contributed by atoms with Crippen molar-refractivity contribution in [3.05, 3.63) is 33.5 Å². The third-order valence-electron chi connectivity index (χ3n) is 4.67. The van der Waals surface area contributed by atoms with Crippen LogP contribution in [0.3, 0.4) is 0 Å². The van der Waals surface area contributed by atoms with Crippen LogP contribution in [-0.2, 0) is 9.53 Å². The molecule has 0 saturated carbocycles. The molecule has 0 aliphatic rings. The number of esters is 1. The van der Waals surface area contributed by atoms with E-state index in [2.05, 4.69) is 46.3 Å². The van der Waals surface area contributed by atoms with E-state index < -0.39 is 13.6 Å². The molecule has 164 valence electrons. The maximum atomic E-state index is 11.6. The fraction of sp³-hybridized carbons (Fsp3) is 0.850. The van der Waals surface area contributed by atoms with Crippen molar-refractivity contribution in [2.75, 3.05) is 6.54 Å². The van der Waals surface area contributed by atoms with E-state index in [1.807, 2.05) is 6.08 Å². The zero-order valence-electron chi connectivity index (χ0n) is 18.6. The van der Waals surface area contributed by atoms with Crippen LogP contribution in [0.2, 0.25) is 25.7 Å². The third kappa shape index (κ3) is 14.7. The van der Waals surface area contributed by atoms with Crippen LogP contribution in [0.15, 0.2) is 22.9 Å². The van der Waals surface area contributed by atoms with Gasteiger partial charge >= 0.3 is 5.97 Å². The van der Waals surface area contributed by atoms with E-state index >= 15 is 0 Å². The fourth-order valence-electron chi connectivity index (χ4n) is 3.77. The molecule has 0 aromatic carbocycles. The second-order valence-electron chi connectivity index (χ2n) is 8.96. The van der Waals surface area contributed by atoms with E-state index in [9.17, 15) is 4.79 Å². The van der Waals surface area contributed by atoms with E-state index in [1.165, 1.54) is 26.2 Å². The Morgan fingerprint density at radius 2 is 1.76 bits per heavy atom. The molecule has 0 aliphatic carbocycles. The normalized spacial score (nSPS) is 14.1. The Morgan fingerprint density at radius 3 is 2.28 bits per heavy atom. The van der Waals surface area contributed by atoms with Crippen LogP contribution < -0.4 is 0 Å². The largest absolute Gasteiger partial charge is 0.463 e. The van der Waals surface area contributed by atoms with Crippen LogP contribution in [-0.4, -0.2) is 32.2 Å². The van der Waals surface area contributed by atoms with Crippen molar-refractivity contribution in [3.63, 3.8) is 0 Å². The van der Waals surface area contributed by atoms with Gasteiger partial charge in [0.25, 0.3) is 0 Å². The third-order valence-corrected chi connectivity index (χ3v) is 6.39. The lowest BCUT2D eigenvalue weighted by molar-refractivity contribution is -0.147. The summed E-state index contributed by atoms with van der Waals surface area (Å²) in [4.78, 5) is 17.5. The van der Waals surface area contributed by atoms with Gasteiger partial charge in [-0.05, 0) is 49.2 Å². The Morgan fingerprint density at radius 1 is 1.14 bits per heavy atom. The number of ether oxygens (including phenoxy) is 1. The molecule has 0 rings (SSSR count). The number of nitrogens with zero attached hydrogens (tertiary/aromatic N) is 6. The van der Waals surface area contributed by atoms with Crippen molar-refractivity contribution < 1.29 is 9.53 Å². The average Bonchev–Trinajstić information content (AvgIpc) is 2.60. The van der Waals surface area contributed by atoms with E-state index in [1.54, 1.807) is 0 Å². The van der Waals surface area contributed by atoms with Gasteiger partial charge in [0.1, 0.15) is 6.10 Å². The summed E-state index contributed by atoms with van der Waals surface area (Å²) < 4.78 is 5.55. The summed E-state index contributed by atoms with van der Waals surface area (Å²) >= 11 is 0. The maximum Gasteiger partial charge on any atom is 0.302 e. The quantitative estimate of drug-likeness (QED) is 0.0463. The first-order valence-corrected chi connectivity index (χ1v) is 14.2. The van der Waals surface area contributed by atoms with Gasteiger partial charge in [-0.1, -0.05) is 61.6 Å². The van der Waals surface area contributed by atoms with E-state index in [-0.39, 0.29) is 18.6 Å². The number of allylic oxidation sites excluding steroid dienone is 1. The summed E-state index contributed by atoms with van der Waals surface area (Å²) in [5.41, 5.74) is 17.1. The number of hydrogen-bond donors (Lipinski definition) is 0. The van der Waals surface area contributed by atoms with Crippen molar-refractivity contribution in [1.82, 2.24) is 0 Å². The standard InChI is InChI=1S/C20H38N6O2Si/c1-6-7-8-9-10-11-12-13-14-19(28-18(2)27)15-20(24-26-22,16-23-25-21)17-29(3,4)5/h6,19H,1,7-17H2,2-5H3. The summed E-state index contributed by atoms with van der Waals surface area (Å²) in [5, 5.41) is 7.78. The summed E-state index contributed by atoms with van der Waals surface area (Å²) in [6.45, 7) is 11.8. The van der Waals surface area contributed by atoms with Crippen molar-refractivity contribution in [2.24, 2.45) is 10.2 Å². The molecule has 0 radical (unpaired) electrons. The van der Waals surface area contributed by atoms with Crippen LogP contribution in [0.1, 0.15) is 64.7 Å². The van der Waals surface area contributed by atoms with E-state index in [0.29, 0.717) is 12.5 Å². The monoisotopic (exact) mass is 422 g/mol. The molecule has 9 heteroatoms. The van der Waals surface area contributed by atoms with Gasteiger partial charge in [0.15, 0.2) is 0 Å². The van der Waals surface area contributed by atoms with Crippen LogP contribution in [0.25, 0.3) is 20.9 Å². The Hall–Kier alpha value is -1.95. The molecule has 2 atom stereocenters. The number of unbranched alkanes of at least 4 members (excludes halogenated alkanes) is 6. The van der Waals surface area contributed by atoms with Gasteiger partial charge in [-0.3, -0.25) is 4.79 Å². The first kappa shape index (κ1) is 27.0. The minimum atomic E-state index is -1.64. The van der Waals surface area contributed by atoms with Gasteiger partial charge in [-0.15, -0.1) is 6.58 Å². The molecule has 0 aliphatic heterocycles. The lowest BCUT2D eigenvalue weighted by Crippen LogP contribution is -2.42. The van der Waals surface area contributed by atoms with Gasteiger partial charge in [0.2, 0.25) is 0 Å². The van der Waals surface area contributed by atoms with Crippen molar-refractivity contribution in [2.45, 2.75) is 102 Å². The van der Waals surface area contributed by atoms with Gasteiger partial charge in [0, 0.05) is 31.4 Å². The van der Waals surface area contributed by atoms with Crippen molar-refractivity contribution in [3.8, 4) is 0 Å². The molecule has 0 spiro atoms. The van der Waals surface area contributed by atoms with E-state index in [0.717, 1.165) is 32.1 Å². The van der Waals surface area contributed by atoms with Gasteiger partial charge < -0.3 is 4.74 Å². The highest BCUT2D eigenvalue weighted by Crippen LogP contribution is 2.33. The van der Waals surface area contributed by atoms with E-state index in [4.69, 9.17) is 15.8 Å². The van der Waals surface area contributed by atoms with Gasteiger partial charge in [0.05, 0.1) is 5.54 Å². The first-order chi connectivity index (χ1) is 13.7. The SMILES string of the molecule is C=CCCCCCCCCC(CC(CN=[N+]=[N-])(C[Si](C)(C)C)N=[N+]=[N-])OC(C)=O. The fourth-order valence-corrected chi connectivity index (χ4v) is 6.08. The Balaban J connectivity index is 5.03. The predicted octanol–water partition coefficient (Wildman–Crippen LogP) is 7.31. The molecule has 0 aromatic heterocycles. The molecule has 0 amide bonds. The number of rotatable bonds is 17. The number of hydrogen-bond acceptors (Lipinski definition) is 4. The molecule has 0 saturated heterocycles. The summed E-state index contributed by atoms with van der Waals surface area (Å²) in [6.07, 6.45) is 10.5. The number of carbonyl (C=O) groups is 1. The van der Waals surface area contributed by atoms with Gasteiger partial charge in [-0.25, -0.2) is 0 Å². The highest BCUT2D eigenvalue weighted by atomic mass is 28.3. The summed E-state index contributed by atoms with van der Waals surface area (Å²) in [6, 6.07) is 0.671.